The van der Waals surface area contributed by atoms with Crippen molar-refractivity contribution in [2.75, 3.05) is 26.7 Å². The van der Waals surface area contributed by atoms with Crippen molar-refractivity contribution < 1.29 is 9.53 Å². The molecule has 0 saturated carbocycles. The first-order valence-electron chi connectivity index (χ1n) is 8.46. The predicted molar refractivity (Wildman–Crippen MR) is 119 cm³/mol. The van der Waals surface area contributed by atoms with Gasteiger partial charge in [0.15, 0.2) is 5.96 Å². The molecule has 6 nitrogen and oxygen atoms in total. The second kappa shape index (κ2) is 13.0. The molecule has 0 atom stereocenters. The fourth-order valence-corrected chi connectivity index (χ4v) is 2.16. The zero-order chi connectivity index (χ0) is 18.7. The largest absolute Gasteiger partial charge is 0.444 e. The van der Waals surface area contributed by atoms with Crippen LogP contribution < -0.4 is 16.0 Å². The molecule has 26 heavy (non-hydrogen) atoms. The maximum Gasteiger partial charge on any atom is 0.407 e. The Labute approximate surface area is 178 Å². The summed E-state index contributed by atoms with van der Waals surface area (Å²) in [5.41, 5.74) is 0.773. The lowest BCUT2D eigenvalue weighted by Crippen LogP contribution is -2.42. The Morgan fingerprint density at radius 2 is 1.65 bits per heavy atom. The summed E-state index contributed by atoms with van der Waals surface area (Å²) in [7, 11) is 1.72. The van der Waals surface area contributed by atoms with Crippen LogP contribution in [0.3, 0.4) is 0 Å². The van der Waals surface area contributed by atoms with Crippen molar-refractivity contribution >= 4 is 47.6 Å². The molecule has 0 spiro atoms. The van der Waals surface area contributed by atoms with E-state index in [-0.39, 0.29) is 24.0 Å². The fourth-order valence-electron chi connectivity index (χ4n) is 2.03. The summed E-state index contributed by atoms with van der Waals surface area (Å²) in [6.45, 7) is 7.33. The van der Waals surface area contributed by atoms with Crippen LogP contribution in [0.2, 0.25) is 5.02 Å². The van der Waals surface area contributed by atoms with Gasteiger partial charge in [-0.05, 0) is 51.3 Å². The number of hydrogen-bond acceptors (Lipinski definition) is 3. The second-order valence-corrected chi connectivity index (χ2v) is 7.02. The van der Waals surface area contributed by atoms with E-state index in [1.54, 1.807) is 7.05 Å². The smallest absolute Gasteiger partial charge is 0.407 e. The molecule has 8 heteroatoms. The lowest BCUT2D eigenvalue weighted by atomic mass is 10.1. The van der Waals surface area contributed by atoms with Gasteiger partial charge in [-0.3, -0.25) is 4.99 Å². The van der Waals surface area contributed by atoms with Crippen LogP contribution in [-0.2, 0) is 11.2 Å². The molecule has 0 aliphatic heterocycles. The molecular formula is C18H30ClIN4O2. The summed E-state index contributed by atoms with van der Waals surface area (Å²) >= 11 is 5.87. The highest BCUT2D eigenvalue weighted by atomic mass is 127. The maximum atomic E-state index is 11.5. The number of aryl methyl sites for hydroxylation is 1. The van der Waals surface area contributed by atoms with Gasteiger partial charge in [0.2, 0.25) is 0 Å². The number of nitrogens with zero attached hydrogens (tertiary/aromatic N) is 1. The topological polar surface area (TPSA) is 74.8 Å². The van der Waals surface area contributed by atoms with Crippen LogP contribution in [0.5, 0.6) is 0 Å². The molecule has 148 valence electrons. The minimum Gasteiger partial charge on any atom is -0.444 e. The van der Waals surface area contributed by atoms with Gasteiger partial charge in [-0.1, -0.05) is 23.7 Å². The van der Waals surface area contributed by atoms with Gasteiger partial charge >= 0.3 is 6.09 Å². The molecule has 1 aromatic carbocycles. The van der Waals surface area contributed by atoms with Crippen molar-refractivity contribution in [1.82, 2.24) is 16.0 Å². The van der Waals surface area contributed by atoms with Gasteiger partial charge in [0.1, 0.15) is 5.60 Å². The summed E-state index contributed by atoms with van der Waals surface area (Å²) in [4.78, 5) is 15.7. The first-order chi connectivity index (χ1) is 11.8. The number of amides is 1. The van der Waals surface area contributed by atoms with Gasteiger partial charge in [0.05, 0.1) is 0 Å². The number of aliphatic imine (C=N–C) groups is 1. The Morgan fingerprint density at radius 3 is 2.23 bits per heavy atom. The van der Waals surface area contributed by atoms with Crippen LogP contribution >= 0.6 is 35.6 Å². The molecule has 0 saturated heterocycles. The van der Waals surface area contributed by atoms with Crippen LogP contribution in [0.15, 0.2) is 29.3 Å². The van der Waals surface area contributed by atoms with E-state index in [1.807, 2.05) is 45.0 Å². The van der Waals surface area contributed by atoms with Crippen LogP contribution in [0, 0.1) is 0 Å². The number of halogens is 2. The van der Waals surface area contributed by atoms with E-state index in [0.29, 0.717) is 19.0 Å². The molecule has 0 aliphatic carbocycles. The summed E-state index contributed by atoms with van der Waals surface area (Å²) in [6, 6.07) is 7.89. The van der Waals surface area contributed by atoms with E-state index in [4.69, 9.17) is 16.3 Å². The van der Waals surface area contributed by atoms with Gasteiger partial charge in [-0.2, -0.15) is 0 Å². The maximum absolute atomic E-state index is 11.5. The minimum atomic E-state index is -0.487. The van der Waals surface area contributed by atoms with Crippen LogP contribution in [-0.4, -0.2) is 44.3 Å². The van der Waals surface area contributed by atoms with Crippen LogP contribution in [0.25, 0.3) is 0 Å². The number of benzene rings is 1. The number of nitrogens with one attached hydrogen (secondary N) is 3. The summed E-state index contributed by atoms with van der Waals surface area (Å²) in [5, 5.41) is 9.84. The zero-order valence-corrected chi connectivity index (χ0v) is 19.0. The molecule has 0 heterocycles. The Balaban J connectivity index is 0.00000625. The highest BCUT2D eigenvalue weighted by molar-refractivity contribution is 14.0. The normalized spacial score (nSPS) is 11.3. The zero-order valence-electron chi connectivity index (χ0n) is 15.9. The van der Waals surface area contributed by atoms with Gasteiger partial charge in [-0.25, -0.2) is 4.79 Å². The number of ether oxygens (including phenoxy) is 1. The van der Waals surface area contributed by atoms with Crippen molar-refractivity contribution in [2.24, 2.45) is 4.99 Å². The number of guanidine groups is 1. The van der Waals surface area contributed by atoms with Gasteiger partial charge in [-0.15, -0.1) is 24.0 Å². The van der Waals surface area contributed by atoms with Gasteiger partial charge < -0.3 is 20.7 Å². The molecule has 0 radical (unpaired) electrons. The van der Waals surface area contributed by atoms with E-state index in [9.17, 15) is 4.79 Å². The van der Waals surface area contributed by atoms with Crippen LogP contribution in [0.1, 0.15) is 32.8 Å². The number of carbonyl (C=O) groups excluding carboxylic acids is 1. The molecule has 0 aromatic heterocycles. The Hall–Kier alpha value is -1.22. The lowest BCUT2D eigenvalue weighted by Gasteiger charge is -2.19. The first-order valence-corrected chi connectivity index (χ1v) is 8.84. The van der Waals surface area contributed by atoms with Crippen molar-refractivity contribution in [3.05, 3.63) is 34.9 Å². The Kier molecular flexibility index (Phi) is 12.4. The third-order valence-electron chi connectivity index (χ3n) is 3.16. The lowest BCUT2D eigenvalue weighted by molar-refractivity contribution is 0.0529. The number of carbonyl (C=O) groups is 1. The van der Waals surface area contributed by atoms with E-state index in [2.05, 4.69) is 20.9 Å². The molecular weight excluding hydrogens is 467 g/mol. The molecule has 1 rings (SSSR count). The minimum absolute atomic E-state index is 0. The number of alkyl carbamates (subject to hydrolysis) is 1. The first kappa shape index (κ1) is 24.8. The van der Waals surface area contributed by atoms with E-state index in [1.165, 1.54) is 5.56 Å². The quantitative estimate of drug-likeness (QED) is 0.233. The highest BCUT2D eigenvalue weighted by Gasteiger charge is 2.15. The van der Waals surface area contributed by atoms with Crippen molar-refractivity contribution in [2.45, 2.75) is 39.2 Å². The van der Waals surface area contributed by atoms with E-state index >= 15 is 0 Å². The van der Waals surface area contributed by atoms with E-state index < -0.39 is 11.7 Å². The van der Waals surface area contributed by atoms with Gasteiger partial charge in [0, 0.05) is 31.7 Å². The highest BCUT2D eigenvalue weighted by Crippen LogP contribution is 2.10. The molecule has 1 aromatic rings. The molecule has 0 fully saturated rings. The third kappa shape index (κ3) is 12.2. The number of rotatable bonds is 7. The summed E-state index contributed by atoms with van der Waals surface area (Å²) < 4.78 is 5.17. The Bertz CT molecular complexity index is 559. The number of hydrogen-bond donors (Lipinski definition) is 3. The summed E-state index contributed by atoms with van der Waals surface area (Å²) in [5.74, 6) is 0.710. The molecule has 3 N–H and O–H groups in total. The monoisotopic (exact) mass is 496 g/mol. The van der Waals surface area contributed by atoms with E-state index in [0.717, 1.165) is 24.4 Å². The predicted octanol–water partition coefficient (Wildman–Crippen LogP) is 3.58. The Morgan fingerprint density at radius 1 is 1.08 bits per heavy atom. The summed E-state index contributed by atoms with van der Waals surface area (Å²) in [6.07, 6.45) is 1.54. The second-order valence-electron chi connectivity index (χ2n) is 6.58. The third-order valence-corrected chi connectivity index (χ3v) is 3.41. The van der Waals surface area contributed by atoms with Crippen molar-refractivity contribution in [3.63, 3.8) is 0 Å². The average molecular weight is 497 g/mol. The average Bonchev–Trinajstić information content (AvgIpc) is 2.53. The fraction of sp³-hybridized carbons (Fsp3) is 0.556. The standard InChI is InChI=1S/C18H29ClN4O2.HI/c1-18(2,3)25-17(24)23-13-12-22-16(20-4)21-11-5-6-14-7-9-15(19)10-8-14;/h7-10H,5-6,11-13H2,1-4H3,(H,23,24)(H2,20,21,22);1H. The molecule has 0 aliphatic rings. The molecule has 0 unspecified atom stereocenters. The molecule has 0 bridgehead atoms. The molecule has 1 amide bonds. The van der Waals surface area contributed by atoms with Crippen molar-refractivity contribution in [3.8, 4) is 0 Å². The van der Waals surface area contributed by atoms with Crippen LogP contribution in [0.4, 0.5) is 4.79 Å². The van der Waals surface area contributed by atoms with Gasteiger partial charge in [0.25, 0.3) is 0 Å². The van der Waals surface area contributed by atoms with Crippen molar-refractivity contribution in [1.29, 1.82) is 0 Å². The SMILES string of the molecule is CN=C(NCCCc1ccc(Cl)cc1)NCCNC(=O)OC(C)(C)C.I.